The van der Waals surface area contributed by atoms with Crippen molar-refractivity contribution in [2.45, 2.75) is 32.7 Å². The van der Waals surface area contributed by atoms with Gasteiger partial charge in [-0.25, -0.2) is 4.68 Å². The maximum atomic E-state index is 13.1. The van der Waals surface area contributed by atoms with Gasteiger partial charge in [0.05, 0.1) is 37.6 Å². The van der Waals surface area contributed by atoms with Gasteiger partial charge in [-0.2, -0.15) is 5.10 Å². The second kappa shape index (κ2) is 11.1. The minimum Gasteiger partial charge on any atom is -0.496 e. The number of nitrogens with one attached hydrogen (secondary N) is 1. The van der Waals surface area contributed by atoms with E-state index >= 15 is 0 Å². The molecule has 0 saturated carbocycles. The lowest BCUT2D eigenvalue weighted by molar-refractivity contribution is -0.137. The Bertz CT molecular complexity index is 1140. The highest BCUT2D eigenvalue weighted by Crippen LogP contribution is 2.39. The van der Waals surface area contributed by atoms with Crippen molar-refractivity contribution < 1.29 is 24.2 Å². The maximum Gasteiger partial charge on any atom is 0.305 e. The predicted molar refractivity (Wildman–Crippen MR) is 130 cm³/mol. The fourth-order valence-corrected chi connectivity index (χ4v) is 3.91. The van der Waals surface area contributed by atoms with Crippen LogP contribution in [0.3, 0.4) is 0 Å². The Hall–Kier alpha value is -3.52. The third kappa shape index (κ3) is 5.88. The molecule has 34 heavy (non-hydrogen) atoms. The van der Waals surface area contributed by atoms with E-state index < -0.39 is 17.9 Å². The molecule has 1 heterocycles. The van der Waals surface area contributed by atoms with Crippen LogP contribution in [0.5, 0.6) is 11.5 Å². The molecule has 2 aromatic carbocycles. The van der Waals surface area contributed by atoms with Gasteiger partial charge in [0.15, 0.2) is 5.69 Å². The van der Waals surface area contributed by atoms with E-state index in [1.807, 2.05) is 13.8 Å². The number of methoxy groups -OCH3 is 2. The van der Waals surface area contributed by atoms with Crippen molar-refractivity contribution in [1.29, 1.82) is 0 Å². The van der Waals surface area contributed by atoms with Crippen molar-refractivity contribution >= 4 is 23.5 Å². The monoisotopic (exact) mass is 485 g/mol. The van der Waals surface area contributed by atoms with Crippen molar-refractivity contribution in [3.63, 3.8) is 0 Å². The van der Waals surface area contributed by atoms with E-state index in [-0.39, 0.29) is 18.0 Å². The third-order valence-corrected chi connectivity index (χ3v) is 5.46. The summed E-state index contributed by atoms with van der Waals surface area (Å²) in [7, 11) is 3.11. The summed E-state index contributed by atoms with van der Waals surface area (Å²) in [4.78, 5) is 24.4. The van der Waals surface area contributed by atoms with Crippen LogP contribution in [0.25, 0.3) is 16.9 Å². The van der Waals surface area contributed by atoms with Gasteiger partial charge in [0.25, 0.3) is 5.91 Å². The molecule has 0 aliphatic rings. The smallest absolute Gasteiger partial charge is 0.305 e. The molecular formula is C25H28ClN3O5. The molecule has 0 saturated heterocycles. The number of rotatable bonds is 10. The number of hydrogen-bond donors (Lipinski definition) is 2. The Morgan fingerprint density at radius 2 is 1.71 bits per heavy atom. The van der Waals surface area contributed by atoms with E-state index in [0.29, 0.717) is 39.9 Å². The molecule has 1 amide bonds. The van der Waals surface area contributed by atoms with E-state index in [2.05, 4.69) is 10.4 Å². The highest BCUT2D eigenvalue weighted by atomic mass is 35.5. The number of halogens is 1. The molecule has 0 aliphatic heterocycles. The first-order valence-electron chi connectivity index (χ1n) is 10.8. The molecule has 0 spiro atoms. The van der Waals surface area contributed by atoms with E-state index in [1.165, 1.54) is 0 Å². The van der Waals surface area contributed by atoms with Crippen molar-refractivity contribution in [2.75, 3.05) is 14.2 Å². The van der Waals surface area contributed by atoms with Gasteiger partial charge in [-0.1, -0.05) is 31.5 Å². The van der Waals surface area contributed by atoms with E-state index in [4.69, 9.17) is 21.1 Å². The number of carbonyl (C=O) groups excluding carboxylic acids is 1. The standard InChI is InChI=1S/C25H28ClN3O5/c1-15(2)12-17(13-23(30)31)27-25(32)19-14-20(24-21(33-3)6-5-7-22(24)34-4)29(28-19)18-10-8-16(26)9-11-18/h5-11,14-15,17H,12-13H2,1-4H3,(H,27,32)(H,30,31). The largest absolute Gasteiger partial charge is 0.496 e. The zero-order chi connectivity index (χ0) is 24.8. The molecule has 0 aliphatic carbocycles. The van der Waals surface area contributed by atoms with Crippen molar-refractivity contribution in [1.82, 2.24) is 15.1 Å². The Morgan fingerprint density at radius 3 is 2.24 bits per heavy atom. The van der Waals surface area contributed by atoms with Crippen LogP contribution in [0.2, 0.25) is 5.02 Å². The predicted octanol–water partition coefficient (Wildman–Crippen LogP) is 4.83. The molecule has 9 heteroatoms. The number of hydrogen-bond acceptors (Lipinski definition) is 5. The highest BCUT2D eigenvalue weighted by Gasteiger charge is 2.24. The van der Waals surface area contributed by atoms with Crippen LogP contribution in [0.1, 0.15) is 37.2 Å². The first-order valence-corrected chi connectivity index (χ1v) is 11.2. The van der Waals surface area contributed by atoms with Crippen LogP contribution < -0.4 is 14.8 Å². The molecule has 3 aromatic rings. The zero-order valence-corrected chi connectivity index (χ0v) is 20.3. The van der Waals surface area contributed by atoms with Crippen molar-refractivity contribution in [3.05, 3.63) is 59.2 Å². The number of aliphatic carboxylic acids is 1. The first-order chi connectivity index (χ1) is 16.2. The zero-order valence-electron chi connectivity index (χ0n) is 19.5. The molecule has 180 valence electrons. The maximum absolute atomic E-state index is 13.1. The molecule has 2 N–H and O–H groups in total. The fourth-order valence-electron chi connectivity index (χ4n) is 3.79. The van der Waals surface area contributed by atoms with E-state index in [1.54, 1.807) is 67.4 Å². The summed E-state index contributed by atoms with van der Waals surface area (Å²) in [5, 5.41) is 17.2. The number of benzene rings is 2. The molecule has 1 atom stereocenters. The van der Waals surface area contributed by atoms with Gasteiger partial charge in [-0.15, -0.1) is 0 Å². The molecule has 8 nitrogen and oxygen atoms in total. The Labute approximate surface area is 203 Å². The SMILES string of the molecule is COc1cccc(OC)c1-c1cc(C(=O)NC(CC(=O)O)CC(C)C)nn1-c1ccc(Cl)cc1. The third-order valence-electron chi connectivity index (χ3n) is 5.21. The molecule has 1 unspecified atom stereocenters. The van der Waals surface area contributed by atoms with Gasteiger partial charge < -0.3 is 19.9 Å². The Balaban J connectivity index is 2.10. The minimum absolute atomic E-state index is 0.136. The Kier molecular flexibility index (Phi) is 8.17. The number of aromatic nitrogens is 2. The molecule has 0 radical (unpaired) electrons. The van der Waals surface area contributed by atoms with Crippen LogP contribution in [0, 0.1) is 5.92 Å². The van der Waals surface area contributed by atoms with Crippen molar-refractivity contribution in [3.8, 4) is 28.4 Å². The lowest BCUT2D eigenvalue weighted by Gasteiger charge is -2.18. The van der Waals surface area contributed by atoms with Crippen LogP contribution in [-0.4, -0.2) is 47.0 Å². The van der Waals surface area contributed by atoms with Crippen LogP contribution in [0.15, 0.2) is 48.5 Å². The summed E-state index contributed by atoms with van der Waals surface area (Å²) >= 11 is 6.07. The minimum atomic E-state index is -0.975. The van der Waals surface area contributed by atoms with E-state index in [0.717, 1.165) is 0 Å². The molecule has 3 rings (SSSR count). The lowest BCUT2D eigenvalue weighted by Crippen LogP contribution is -2.37. The summed E-state index contributed by atoms with van der Waals surface area (Å²) < 4.78 is 12.7. The summed E-state index contributed by atoms with van der Waals surface area (Å²) in [6.07, 6.45) is 0.359. The number of carbonyl (C=O) groups is 2. The van der Waals surface area contributed by atoms with Gasteiger partial charge in [-0.3, -0.25) is 9.59 Å². The van der Waals surface area contributed by atoms with Gasteiger partial charge in [-0.05, 0) is 54.8 Å². The summed E-state index contributed by atoms with van der Waals surface area (Å²) in [5.74, 6) is -0.133. The molecule has 0 bridgehead atoms. The Morgan fingerprint density at radius 1 is 1.09 bits per heavy atom. The van der Waals surface area contributed by atoms with Crippen LogP contribution in [-0.2, 0) is 4.79 Å². The van der Waals surface area contributed by atoms with Crippen LogP contribution >= 0.6 is 11.6 Å². The van der Waals surface area contributed by atoms with Crippen molar-refractivity contribution in [2.24, 2.45) is 5.92 Å². The summed E-state index contributed by atoms with van der Waals surface area (Å²) in [6, 6.07) is 13.5. The number of carboxylic acid groups (broad SMARTS) is 1. The average molecular weight is 486 g/mol. The second-order valence-corrected chi connectivity index (χ2v) is 8.67. The topological polar surface area (TPSA) is 103 Å². The summed E-state index contributed by atoms with van der Waals surface area (Å²) in [5.41, 5.74) is 2.01. The average Bonchev–Trinajstić information content (AvgIpc) is 3.23. The fraction of sp³-hybridized carbons (Fsp3) is 0.320. The van der Waals surface area contributed by atoms with Gasteiger partial charge in [0.2, 0.25) is 0 Å². The number of carboxylic acids is 1. The number of ether oxygens (including phenoxy) is 2. The molecule has 1 aromatic heterocycles. The van der Waals surface area contributed by atoms with Gasteiger partial charge in [0.1, 0.15) is 11.5 Å². The first kappa shape index (κ1) is 25.1. The van der Waals surface area contributed by atoms with E-state index in [9.17, 15) is 14.7 Å². The lowest BCUT2D eigenvalue weighted by atomic mass is 10.0. The second-order valence-electron chi connectivity index (χ2n) is 8.24. The molecular weight excluding hydrogens is 458 g/mol. The highest BCUT2D eigenvalue weighted by molar-refractivity contribution is 6.30. The quantitative estimate of drug-likeness (QED) is 0.426. The summed E-state index contributed by atoms with van der Waals surface area (Å²) in [6.45, 7) is 3.95. The van der Waals surface area contributed by atoms with Crippen LogP contribution in [0.4, 0.5) is 0 Å². The number of nitrogens with zero attached hydrogens (tertiary/aromatic N) is 2. The number of amides is 1. The molecule has 0 fully saturated rings. The normalized spacial score (nSPS) is 11.8. The van der Waals surface area contributed by atoms with Gasteiger partial charge in [0, 0.05) is 11.1 Å². The van der Waals surface area contributed by atoms with Gasteiger partial charge >= 0.3 is 5.97 Å².